The molecule has 0 spiro atoms. The van der Waals surface area contributed by atoms with Gasteiger partial charge in [0.1, 0.15) is 0 Å². The highest BCUT2D eigenvalue weighted by atomic mass is 32.2. The zero-order valence-corrected chi connectivity index (χ0v) is 13.6. The van der Waals surface area contributed by atoms with Gasteiger partial charge in [-0.25, -0.2) is 0 Å². The number of hydrogen-bond donors (Lipinski definition) is 2. The van der Waals surface area contributed by atoms with Gasteiger partial charge in [0, 0.05) is 16.7 Å². The van der Waals surface area contributed by atoms with Crippen LogP contribution in [0.4, 0.5) is 0 Å². The van der Waals surface area contributed by atoms with Crippen molar-refractivity contribution < 1.29 is 9.90 Å². The standard InChI is InChI=1S/C14H29NO2S/c1-10(2)12(17)14(6,7)9-15-11(16)8-18-13(3,4)5/h10,12,17H,8-9H2,1-7H3,(H,15,16). The van der Waals surface area contributed by atoms with E-state index in [-0.39, 0.29) is 22.0 Å². The van der Waals surface area contributed by atoms with Crippen LogP contribution in [0.1, 0.15) is 48.5 Å². The van der Waals surface area contributed by atoms with Gasteiger partial charge in [-0.15, -0.1) is 11.8 Å². The molecule has 1 atom stereocenters. The van der Waals surface area contributed by atoms with Gasteiger partial charge in [-0.1, -0.05) is 48.5 Å². The fourth-order valence-corrected chi connectivity index (χ4v) is 2.33. The topological polar surface area (TPSA) is 49.3 Å². The number of amides is 1. The van der Waals surface area contributed by atoms with Crippen molar-refractivity contribution in [3.05, 3.63) is 0 Å². The normalized spacial score (nSPS) is 14.7. The first-order valence-electron chi connectivity index (χ1n) is 6.54. The molecule has 0 radical (unpaired) electrons. The number of rotatable bonds is 6. The molecule has 0 aliphatic heterocycles. The van der Waals surface area contributed by atoms with Crippen LogP contribution < -0.4 is 5.32 Å². The molecule has 0 aliphatic rings. The zero-order chi connectivity index (χ0) is 14.6. The number of carbonyl (C=O) groups is 1. The smallest absolute Gasteiger partial charge is 0.230 e. The molecule has 0 saturated carbocycles. The quantitative estimate of drug-likeness (QED) is 0.783. The third-order valence-electron chi connectivity index (χ3n) is 2.81. The van der Waals surface area contributed by atoms with E-state index in [9.17, 15) is 9.90 Å². The van der Waals surface area contributed by atoms with E-state index in [1.165, 1.54) is 0 Å². The minimum Gasteiger partial charge on any atom is -0.392 e. The van der Waals surface area contributed by atoms with Crippen molar-refractivity contribution >= 4 is 17.7 Å². The van der Waals surface area contributed by atoms with Crippen LogP contribution >= 0.6 is 11.8 Å². The Morgan fingerprint density at radius 1 is 1.22 bits per heavy atom. The lowest BCUT2D eigenvalue weighted by molar-refractivity contribution is -0.119. The monoisotopic (exact) mass is 275 g/mol. The van der Waals surface area contributed by atoms with Crippen LogP contribution in [0.15, 0.2) is 0 Å². The molecule has 0 aromatic heterocycles. The van der Waals surface area contributed by atoms with Crippen molar-refractivity contribution in [1.82, 2.24) is 5.32 Å². The minimum absolute atomic E-state index is 0.0407. The Kier molecular flexibility index (Phi) is 6.72. The molecular formula is C14H29NO2S. The number of carbonyl (C=O) groups excluding carboxylic acids is 1. The van der Waals surface area contributed by atoms with E-state index in [4.69, 9.17) is 0 Å². The maximum absolute atomic E-state index is 11.7. The first-order valence-corrected chi connectivity index (χ1v) is 7.53. The molecule has 0 aromatic carbocycles. The summed E-state index contributed by atoms with van der Waals surface area (Å²) in [4.78, 5) is 11.7. The van der Waals surface area contributed by atoms with Crippen LogP contribution in [-0.4, -0.2) is 34.2 Å². The summed E-state index contributed by atoms with van der Waals surface area (Å²) in [7, 11) is 0. The van der Waals surface area contributed by atoms with Crippen molar-refractivity contribution in [2.75, 3.05) is 12.3 Å². The number of hydrogen-bond acceptors (Lipinski definition) is 3. The second-order valence-corrected chi connectivity index (χ2v) is 8.66. The van der Waals surface area contributed by atoms with Gasteiger partial charge in [0.25, 0.3) is 0 Å². The molecule has 0 aromatic rings. The van der Waals surface area contributed by atoms with Gasteiger partial charge in [-0.05, 0) is 5.92 Å². The highest BCUT2D eigenvalue weighted by molar-refractivity contribution is 8.01. The van der Waals surface area contributed by atoms with E-state index < -0.39 is 6.10 Å². The van der Waals surface area contributed by atoms with Crippen LogP contribution in [0, 0.1) is 11.3 Å². The van der Waals surface area contributed by atoms with Gasteiger partial charge in [0.05, 0.1) is 11.9 Å². The predicted molar refractivity (Wildman–Crippen MR) is 79.8 cm³/mol. The average molecular weight is 275 g/mol. The molecule has 0 saturated heterocycles. The molecule has 0 rings (SSSR count). The van der Waals surface area contributed by atoms with Gasteiger partial charge in [-0.3, -0.25) is 4.79 Å². The summed E-state index contributed by atoms with van der Waals surface area (Å²) in [5.74, 6) is 0.706. The predicted octanol–water partition coefficient (Wildman–Crippen LogP) is 2.68. The Hall–Kier alpha value is -0.220. The van der Waals surface area contributed by atoms with Crippen LogP contribution in [0.2, 0.25) is 0 Å². The van der Waals surface area contributed by atoms with E-state index in [1.807, 2.05) is 27.7 Å². The van der Waals surface area contributed by atoms with Crippen molar-refractivity contribution in [2.45, 2.75) is 59.3 Å². The largest absolute Gasteiger partial charge is 0.392 e. The lowest BCUT2D eigenvalue weighted by Crippen LogP contribution is -2.44. The lowest BCUT2D eigenvalue weighted by atomic mass is 9.81. The Morgan fingerprint density at radius 3 is 2.11 bits per heavy atom. The van der Waals surface area contributed by atoms with Crippen molar-refractivity contribution in [1.29, 1.82) is 0 Å². The first kappa shape index (κ1) is 17.8. The van der Waals surface area contributed by atoms with Crippen LogP contribution in [-0.2, 0) is 4.79 Å². The van der Waals surface area contributed by atoms with E-state index in [2.05, 4.69) is 26.1 Å². The van der Waals surface area contributed by atoms with Gasteiger partial charge in [0.15, 0.2) is 0 Å². The zero-order valence-electron chi connectivity index (χ0n) is 12.8. The fraction of sp³-hybridized carbons (Fsp3) is 0.929. The van der Waals surface area contributed by atoms with E-state index in [0.29, 0.717) is 12.3 Å². The Balaban J connectivity index is 4.12. The number of nitrogens with one attached hydrogen (secondary N) is 1. The van der Waals surface area contributed by atoms with Crippen molar-refractivity contribution in [3.63, 3.8) is 0 Å². The lowest BCUT2D eigenvalue weighted by Gasteiger charge is -2.33. The van der Waals surface area contributed by atoms with E-state index >= 15 is 0 Å². The maximum Gasteiger partial charge on any atom is 0.230 e. The summed E-state index contributed by atoms with van der Waals surface area (Å²) in [5.41, 5.74) is -0.295. The summed E-state index contributed by atoms with van der Waals surface area (Å²) in [6.07, 6.45) is -0.409. The summed E-state index contributed by atoms with van der Waals surface area (Å²) in [6, 6.07) is 0. The number of thioether (sulfide) groups is 1. The van der Waals surface area contributed by atoms with Gasteiger partial charge in [0.2, 0.25) is 5.91 Å². The molecule has 3 nitrogen and oxygen atoms in total. The highest BCUT2D eigenvalue weighted by Gasteiger charge is 2.30. The number of aliphatic hydroxyl groups is 1. The summed E-state index contributed by atoms with van der Waals surface area (Å²) in [6.45, 7) is 14.7. The molecule has 0 fully saturated rings. The SMILES string of the molecule is CC(C)C(O)C(C)(C)CNC(=O)CSC(C)(C)C. The Labute approximate surface area is 116 Å². The number of aliphatic hydroxyl groups excluding tert-OH is 1. The highest BCUT2D eigenvalue weighted by Crippen LogP contribution is 2.25. The summed E-state index contributed by atoms with van der Waals surface area (Å²) < 4.78 is 0.101. The molecule has 108 valence electrons. The Bertz CT molecular complexity index is 269. The molecular weight excluding hydrogens is 246 g/mol. The third kappa shape index (κ3) is 7.27. The van der Waals surface area contributed by atoms with Gasteiger partial charge in [-0.2, -0.15) is 0 Å². The van der Waals surface area contributed by atoms with Crippen LogP contribution in [0.3, 0.4) is 0 Å². The molecule has 0 bridgehead atoms. The van der Waals surface area contributed by atoms with Crippen molar-refractivity contribution in [2.24, 2.45) is 11.3 Å². The second kappa shape index (κ2) is 6.80. The molecule has 0 heterocycles. The molecule has 0 aliphatic carbocycles. The molecule has 4 heteroatoms. The van der Waals surface area contributed by atoms with Gasteiger partial charge >= 0.3 is 0 Å². The van der Waals surface area contributed by atoms with Gasteiger partial charge < -0.3 is 10.4 Å². The summed E-state index contributed by atoms with van der Waals surface area (Å²) in [5, 5.41) is 13.0. The molecule has 2 N–H and O–H groups in total. The minimum atomic E-state index is -0.409. The fourth-order valence-electron chi connectivity index (χ4n) is 1.67. The first-order chi connectivity index (χ1) is 7.96. The van der Waals surface area contributed by atoms with Crippen LogP contribution in [0.5, 0.6) is 0 Å². The average Bonchev–Trinajstić information content (AvgIpc) is 2.21. The second-order valence-electron chi connectivity index (χ2n) is 6.86. The van der Waals surface area contributed by atoms with E-state index in [0.717, 1.165) is 0 Å². The van der Waals surface area contributed by atoms with Crippen LogP contribution in [0.25, 0.3) is 0 Å². The summed E-state index contributed by atoms with van der Waals surface area (Å²) >= 11 is 1.63. The Morgan fingerprint density at radius 2 is 1.72 bits per heavy atom. The maximum atomic E-state index is 11.7. The van der Waals surface area contributed by atoms with E-state index in [1.54, 1.807) is 11.8 Å². The van der Waals surface area contributed by atoms with Crippen molar-refractivity contribution in [3.8, 4) is 0 Å². The molecule has 18 heavy (non-hydrogen) atoms. The molecule has 1 unspecified atom stereocenters. The molecule has 1 amide bonds. The third-order valence-corrected chi connectivity index (χ3v) is 4.08.